The van der Waals surface area contributed by atoms with Gasteiger partial charge in [0.05, 0.1) is 5.69 Å². The number of benzene rings is 1. The van der Waals surface area contributed by atoms with E-state index in [-0.39, 0.29) is 22.9 Å². The zero-order valence-corrected chi connectivity index (χ0v) is 11.2. The van der Waals surface area contributed by atoms with E-state index in [0.29, 0.717) is 5.02 Å². The van der Waals surface area contributed by atoms with Gasteiger partial charge in [0, 0.05) is 24.2 Å². The Labute approximate surface area is 116 Å². The van der Waals surface area contributed by atoms with E-state index < -0.39 is 5.82 Å². The molecule has 1 N–H and O–H groups in total. The monoisotopic (exact) mass is 283 g/mol. The van der Waals surface area contributed by atoms with Crippen molar-refractivity contribution in [2.75, 3.05) is 18.5 Å². The molecule has 2 fully saturated rings. The van der Waals surface area contributed by atoms with Crippen molar-refractivity contribution in [2.45, 2.75) is 19.3 Å². The smallest absolute Gasteiger partial charge is 0.228 e. The summed E-state index contributed by atoms with van der Waals surface area (Å²) >= 11 is 5.68. The molecule has 1 aromatic rings. The van der Waals surface area contributed by atoms with Gasteiger partial charge in [0.25, 0.3) is 0 Å². The third-order valence-corrected chi connectivity index (χ3v) is 4.42. The number of anilines is 1. The van der Waals surface area contributed by atoms with Crippen molar-refractivity contribution < 1.29 is 13.9 Å². The summed E-state index contributed by atoms with van der Waals surface area (Å²) < 4.78 is 18.9. The molecular formula is C14H15ClFNO2. The summed E-state index contributed by atoms with van der Waals surface area (Å²) in [6.07, 6.45) is 2.74. The summed E-state index contributed by atoms with van der Waals surface area (Å²) in [5.74, 6) is -0.600. The third kappa shape index (κ3) is 2.47. The molecule has 0 aromatic heterocycles. The summed E-state index contributed by atoms with van der Waals surface area (Å²) in [7, 11) is 0. The summed E-state index contributed by atoms with van der Waals surface area (Å²) in [5.41, 5.74) is 0.300. The van der Waals surface area contributed by atoms with Gasteiger partial charge in [0.2, 0.25) is 5.91 Å². The van der Waals surface area contributed by atoms with Crippen LogP contribution in [0.2, 0.25) is 5.02 Å². The molecule has 0 bridgehead atoms. The molecule has 1 saturated carbocycles. The molecule has 1 atom stereocenters. The van der Waals surface area contributed by atoms with Crippen LogP contribution in [-0.2, 0) is 9.53 Å². The van der Waals surface area contributed by atoms with E-state index in [1.807, 2.05) is 0 Å². The summed E-state index contributed by atoms with van der Waals surface area (Å²) in [6, 6.07) is 4.26. The molecule has 1 amide bonds. The van der Waals surface area contributed by atoms with Crippen molar-refractivity contribution in [2.24, 2.45) is 11.3 Å². The first-order valence-corrected chi connectivity index (χ1v) is 6.82. The van der Waals surface area contributed by atoms with Gasteiger partial charge in [-0.15, -0.1) is 0 Å². The van der Waals surface area contributed by atoms with Crippen LogP contribution in [0.25, 0.3) is 0 Å². The van der Waals surface area contributed by atoms with E-state index >= 15 is 0 Å². The van der Waals surface area contributed by atoms with E-state index in [1.165, 1.54) is 12.1 Å². The molecule has 3 nitrogen and oxygen atoms in total. The summed E-state index contributed by atoms with van der Waals surface area (Å²) in [6.45, 7) is 1.44. The number of ether oxygens (including phenoxy) is 1. The van der Waals surface area contributed by atoms with Gasteiger partial charge in [-0.1, -0.05) is 11.6 Å². The Bertz CT molecular complexity index is 514. The Morgan fingerprint density at radius 2 is 2.16 bits per heavy atom. The maximum atomic E-state index is 13.6. The molecule has 5 heteroatoms. The minimum Gasteiger partial charge on any atom is -0.381 e. The number of carbonyl (C=O) groups is 1. The molecule has 1 unspecified atom stereocenters. The normalized spacial score (nSPS) is 24.2. The maximum absolute atomic E-state index is 13.6. The van der Waals surface area contributed by atoms with Gasteiger partial charge >= 0.3 is 0 Å². The fourth-order valence-corrected chi connectivity index (χ4v) is 3.02. The van der Waals surface area contributed by atoms with Gasteiger partial charge < -0.3 is 10.1 Å². The Kier molecular flexibility index (Phi) is 3.23. The zero-order valence-electron chi connectivity index (χ0n) is 10.4. The first-order chi connectivity index (χ1) is 9.11. The van der Waals surface area contributed by atoms with Crippen LogP contribution in [0.1, 0.15) is 19.3 Å². The topological polar surface area (TPSA) is 38.3 Å². The zero-order chi connectivity index (χ0) is 13.5. The Balaban J connectivity index is 1.66. The number of amides is 1. The van der Waals surface area contributed by atoms with Crippen molar-refractivity contribution >= 4 is 23.2 Å². The van der Waals surface area contributed by atoms with E-state index in [1.54, 1.807) is 6.07 Å². The second-order valence-corrected chi connectivity index (χ2v) is 5.78. The van der Waals surface area contributed by atoms with E-state index in [2.05, 4.69) is 5.32 Å². The molecular weight excluding hydrogens is 269 g/mol. The number of hydrogen-bond acceptors (Lipinski definition) is 2. The average Bonchev–Trinajstić information content (AvgIpc) is 3.07. The van der Waals surface area contributed by atoms with Crippen LogP contribution in [-0.4, -0.2) is 19.1 Å². The fraction of sp³-hybridized carbons (Fsp3) is 0.500. The lowest BCUT2D eigenvalue weighted by molar-refractivity contribution is -0.118. The van der Waals surface area contributed by atoms with Crippen molar-refractivity contribution in [3.8, 4) is 0 Å². The standard InChI is InChI=1S/C14H15ClFNO2/c15-9-1-2-12(11(16)7-9)17-13(18)10-8-14(10)3-5-19-6-4-14/h1-2,7,10H,3-6,8H2,(H,17,18). The lowest BCUT2D eigenvalue weighted by Crippen LogP contribution is -2.24. The van der Waals surface area contributed by atoms with Crippen LogP contribution >= 0.6 is 11.6 Å². The molecule has 1 aliphatic carbocycles. The van der Waals surface area contributed by atoms with Gasteiger partial charge in [-0.3, -0.25) is 4.79 Å². The quantitative estimate of drug-likeness (QED) is 0.905. The molecule has 1 aliphatic heterocycles. The van der Waals surface area contributed by atoms with Crippen molar-refractivity contribution in [3.05, 3.63) is 29.0 Å². The van der Waals surface area contributed by atoms with Crippen LogP contribution in [0.4, 0.5) is 10.1 Å². The number of nitrogens with one attached hydrogen (secondary N) is 1. The highest BCUT2D eigenvalue weighted by Crippen LogP contribution is 2.59. The summed E-state index contributed by atoms with van der Waals surface area (Å²) in [5, 5.41) is 2.98. The molecule has 19 heavy (non-hydrogen) atoms. The van der Waals surface area contributed by atoms with Crippen LogP contribution in [0.5, 0.6) is 0 Å². The Morgan fingerprint density at radius 1 is 1.42 bits per heavy atom. The van der Waals surface area contributed by atoms with Crippen molar-refractivity contribution in [3.63, 3.8) is 0 Å². The highest BCUT2D eigenvalue weighted by Gasteiger charge is 2.58. The minimum absolute atomic E-state index is 0.00789. The van der Waals surface area contributed by atoms with E-state index in [4.69, 9.17) is 16.3 Å². The molecule has 1 saturated heterocycles. The van der Waals surface area contributed by atoms with Crippen LogP contribution in [0.3, 0.4) is 0 Å². The first-order valence-electron chi connectivity index (χ1n) is 6.44. The molecule has 102 valence electrons. The summed E-state index contributed by atoms with van der Waals surface area (Å²) in [4.78, 5) is 12.1. The molecule has 0 radical (unpaired) electrons. The molecule has 1 spiro atoms. The van der Waals surface area contributed by atoms with Crippen LogP contribution in [0, 0.1) is 17.2 Å². The molecule has 1 aromatic carbocycles. The highest BCUT2D eigenvalue weighted by molar-refractivity contribution is 6.30. The SMILES string of the molecule is O=C(Nc1ccc(Cl)cc1F)C1CC12CCOCC2. The highest BCUT2D eigenvalue weighted by atomic mass is 35.5. The largest absolute Gasteiger partial charge is 0.381 e. The van der Waals surface area contributed by atoms with Gasteiger partial charge in [-0.2, -0.15) is 0 Å². The second kappa shape index (κ2) is 4.76. The van der Waals surface area contributed by atoms with Gasteiger partial charge in [-0.25, -0.2) is 4.39 Å². The lowest BCUT2D eigenvalue weighted by atomic mass is 9.93. The first kappa shape index (κ1) is 12.9. The van der Waals surface area contributed by atoms with Crippen LogP contribution in [0.15, 0.2) is 18.2 Å². The molecule has 3 rings (SSSR count). The van der Waals surface area contributed by atoms with Crippen LogP contribution < -0.4 is 5.32 Å². The van der Waals surface area contributed by atoms with Crippen molar-refractivity contribution in [1.82, 2.24) is 0 Å². The van der Waals surface area contributed by atoms with Gasteiger partial charge in [0.15, 0.2) is 0 Å². The number of rotatable bonds is 2. The number of hydrogen-bond donors (Lipinski definition) is 1. The van der Waals surface area contributed by atoms with Gasteiger partial charge in [0.1, 0.15) is 5.82 Å². The predicted molar refractivity (Wildman–Crippen MR) is 70.6 cm³/mol. The van der Waals surface area contributed by atoms with Crippen molar-refractivity contribution in [1.29, 1.82) is 0 Å². The predicted octanol–water partition coefficient (Wildman–Crippen LogP) is 3.23. The lowest BCUT2D eigenvalue weighted by Gasteiger charge is -2.22. The Hall–Kier alpha value is -1.13. The van der Waals surface area contributed by atoms with E-state index in [9.17, 15) is 9.18 Å². The number of carbonyl (C=O) groups excluding carboxylic acids is 1. The number of halogens is 2. The van der Waals surface area contributed by atoms with E-state index in [0.717, 1.165) is 32.5 Å². The maximum Gasteiger partial charge on any atom is 0.228 e. The van der Waals surface area contributed by atoms with Gasteiger partial charge in [-0.05, 0) is 42.9 Å². The third-order valence-electron chi connectivity index (χ3n) is 4.18. The fourth-order valence-electron chi connectivity index (χ4n) is 2.86. The molecule has 2 aliphatic rings. The molecule has 1 heterocycles. The minimum atomic E-state index is -0.498. The Morgan fingerprint density at radius 3 is 2.84 bits per heavy atom. The second-order valence-electron chi connectivity index (χ2n) is 5.34. The average molecular weight is 284 g/mol.